The van der Waals surface area contributed by atoms with Crippen molar-refractivity contribution in [2.45, 2.75) is 13.8 Å². The molecule has 6 nitrogen and oxygen atoms in total. The van der Waals surface area contributed by atoms with Gasteiger partial charge in [0.15, 0.2) is 0 Å². The van der Waals surface area contributed by atoms with E-state index in [0.29, 0.717) is 18.2 Å². The van der Waals surface area contributed by atoms with Gasteiger partial charge in [-0.1, -0.05) is 25.1 Å². The number of anilines is 1. The molecule has 4 atom stereocenters. The lowest BCUT2D eigenvalue weighted by atomic mass is 9.72. The Morgan fingerprint density at radius 2 is 2.04 bits per heavy atom. The minimum absolute atomic E-state index is 0.106. The normalized spacial score (nSPS) is 27.2. The van der Waals surface area contributed by atoms with Crippen molar-refractivity contribution >= 4 is 17.7 Å². The van der Waals surface area contributed by atoms with Gasteiger partial charge in [0.1, 0.15) is 11.5 Å². The minimum atomic E-state index is -0.124. The monoisotopic (exact) mass is 357 g/mol. The van der Waals surface area contributed by atoms with Crippen LogP contribution in [0.1, 0.15) is 24.3 Å². The number of hydrogen-bond donors (Lipinski definition) is 0. The van der Waals surface area contributed by atoms with E-state index in [1.807, 2.05) is 19.1 Å². The molecule has 0 unspecified atom stereocenters. The Bertz CT molecular complexity index is 716. The van der Waals surface area contributed by atoms with Crippen molar-refractivity contribution in [1.29, 1.82) is 0 Å². The first-order valence-corrected chi connectivity index (χ1v) is 9.21. The van der Waals surface area contributed by atoms with Gasteiger partial charge in [-0.25, -0.2) is 4.98 Å². The van der Waals surface area contributed by atoms with Gasteiger partial charge in [-0.2, -0.15) is 0 Å². The minimum Gasteiger partial charge on any atom is -0.466 e. The Kier molecular flexibility index (Phi) is 5.30. The molecule has 0 N–H and O–H groups in total. The molecule has 0 spiro atoms. The molecule has 3 rings (SSSR count). The fourth-order valence-corrected chi connectivity index (χ4v) is 4.03. The third kappa shape index (κ3) is 3.45. The Labute approximate surface area is 154 Å². The quantitative estimate of drug-likeness (QED) is 0.611. The number of esters is 1. The highest BCUT2D eigenvalue weighted by atomic mass is 16.5. The molecule has 1 aliphatic heterocycles. The summed E-state index contributed by atoms with van der Waals surface area (Å²) in [4.78, 5) is 32.9. The molecule has 0 radical (unpaired) electrons. The summed E-state index contributed by atoms with van der Waals surface area (Å²) < 4.78 is 5.32. The molecule has 1 saturated heterocycles. The van der Waals surface area contributed by atoms with Crippen LogP contribution in [-0.4, -0.2) is 55.6 Å². The highest BCUT2D eigenvalue weighted by Crippen LogP contribution is 2.41. The van der Waals surface area contributed by atoms with Crippen LogP contribution < -0.4 is 4.90 Å². The van der Waals surface area contributed by atoms with E-state index in [0.717, 1.165) is 18.9 Å². The first-order chi connectivity index (χ1) is 12.4. The molecule has 1 aliphatic carbocycles. The summed E-state index contributed by atoms with van der Waals surface area (Å²) in [5.41, 5.74) is 0.438. The maximum absolute atomic E-state index is 12.5. The van der Waals surface area contributed by atoms with E-state index in [4.69, 9.17) is 4.74 Å². The van der Waals surface area contributed by atoms with Crippen molar-refractivity contribution in [2.75, 3.05) is 38.7 Å². The fourth-order valence-electron chi connectivity index (χ4n) is 4.03. The molecule has 0 aromatic carbocycles. The Balaban J connectivity index is 1.81. The van der Waals surface area contributed by atoms with Gasteiger partial charge in [-0.15, -0.1) is 0 Å². The molecule has 1 fully saturated rings. The molecule has 1 aromatic heterocycles. The predicted molar refractivity (Wildman–Crippen MR) is 99.9 cm³/mol. The van der Waals surface area contributed by atoms with Crippen LogP contribution in [0.15, 0.2) is 30.4 Å². The van der Waals surface area contributed by atoms with Crippen molar-refractivity contribution in [1.82, 2.24) is 9.88 Å². The van der Waals surface area contributed by atoms with Crippen LogP contribution in [0.5, 0.6) is 0 Å². The summed E-state index contributed by atoms with van der Waals surface area (Å²) in [7, 11) is 3.44. The lowest BCUT2D eigenvalue weighted by Gasteiger charge is -2.31. The van der Waals surface area contributed by atoms with Crippen LogP contribution in [0, 0.1) is 23.7 Å². The molecular weight excluding hydrogens is 330 g/mol. The topological polar surface area (TPSA) is 62.7 Å². The van der Waals surface area contributed by atoms with Gasteiger partial charge in [0, 0.05) is 27.2 Å². The second-order valence-corrected chi connectivity index (χ2v) is 7.34. The summed E-state index contributed by atoms with van der Waals surface area (Å²) >= 11 is 0. The molecule has 0 bridgehead atoms. The summed E-state index contributed by atoms with van der Waals surface area (Å²) in [6.07, 6.45) is 4.35. The lowest BCUT2D eigenvalue weighted by molar-refractivity contribution is -0.151. The lowest BCUT2D eigenvalue weighted by Crippen LogP contribution is -2.37. The van der Waals surface area contributed by atoms with Gasteiger partial charge in [0.25, 0.3) is 5.91 Å². The van der Waals surface area contributed by atoms with Crippen LogP contribution in [0.25, 0.3) is 0 Å². The first kappa shape index (κ1) is 18.4. The van der Waals surface area contributed by atoms with E-state index in [1.54, 1.807) is 20.2 Å². The van der Waals surface area contributed by atoms with Crippen molar-refractivity contribution in [2.24, 2.45) is 23.7 Å². The summed E-state index contributed by atoms with van der Waals surface area (Å²) in [6.45, 7) is 5.87. The fraction of sp³-hybridized carbons (Fsp3) is 0.550. The van der Waals surface area contributed by atoms with E-state index in [9.17, 15) is 9.59 Å². The highest BCUT2D eigenvalue weighted by Gasteiger charge is 2.45. The van der Waals surface area contributed by atoms with Crippen LogP contribution in [0.3, 0.4) is 0 Å². The number of fused-ring (bicyclic) bond motifs is 1. The number of hydrogen-bond acceptors (Lipinski definition) is 5. The third-order valence-corrected chi connectivity index (χ3v) is 5.34. The molecule has 1 aromatic rings. The number of allylic oxidation sites excluding steroid dienone is 1. The summed E-state index contributed by atoms with van der Waals surface area (Å²) in [5, 5.41) is 0. The number of amides is 1. The van der Waals surface area contributed by atoms with E-state index in [-0.39, 0.29) is 29.6 Å². The standard InChI is InChI=1S/C20H27N3O3/c1-5-26-20(25)18-13(2)9-10-14-11-23(12-15(14)18)17-8-6-7-16(21-17)19(24)22(3)4/h6-10,13-15,18H,5,11-12H2,1-4H3/t13-,14-,15-,18-/m0/s1. The van der Waals surface area contributed by atoms with Gasteiger partial charge in [0.05, 0.1) is 12.5 Å². The number of carbonyl (C=O) groups excluding carboxylic acids is 2. The highest BCUT2D eigenvalue weighted by molar-refractivity contribution is 5.92. The average Bonchev–Trinajstić information content (AvgIpc) is 3.05. The average molecular weight is 357 g/mol. The Hall–Kier alpha value is -2.37. The maximum atomic E-state index is 12.5. The smallest absolute Gasteiger partial charge is 0.309 e. The second kappa shape index (κ2) is 7.48. The van der Waals surface area contributed by atoms with Crippen molar-refractivity contribution < 1.29 is 14.3 Å². The molecule has 26 heavy (non-hydrogen) atoms. The number of pyridine rings is 1. The summed E-state index contributed by atoms with van der Waals surface area (Å²) in [5.74, 6) is 1.13. The van der Waals surface area contributed by atoms with Gasteiger partial charge in [0.2, 0.25) is 0 Å². The zero-order valence-corrected chi connectivity index (χ0v) is 15.9. The Morgan fingerprint density at radius 3 is 2.73 bits per heavy atom. The zero-order chi connectivity index (χ0) is 18.8. The maximum Gasteiger partial charge on any atom is 0.309 e. The summed E-state index contributed by atoms with van der Waals surface area (Å²) in [6, 6.07) is 5.52. The van der Waals surface area contributed by atoms with Crippen LogP contribution in [0.2, 0.25) is 0 Å². The van der Waals surface area contributed by atoms with E-state index in [2.05, 4.69) is 29.0 Å². The van der Waals surface area contributed by atoms with Crippen molar-refractivity contribution in [3.8, 4) is 0 Å². The molecule has 6 heteroatoms. The van der Waals surface area contributed by atoms with E-state index >= 15 is 0 Å². The number of ether oxygens (including phenoxy) is 1. The number of aromatic nitrogens is 1. The van der Waals surface area contributed by atoms with Crippen LogP contribution >= 0.6 is 0 Å². The van der Waals surface area contributed by atoms with Crippen molar-refractivity contribution in [3.05, 3.63) is 36.0 Å². The number of nitrogens with zero attached hydrogens (tertiary/aromatic N) is 3. The SMILES string of the molecule is CCOC(=O)[C@@H]1[C@H]2CN(c3cccc(C(=O)N(C)C)n3)C[C@@H]2C=C[C@@H]1C. The molecular formula is C20H27N3O3. The second-order valence-electron chi connectivity index (χ2n) is 7.34. The third-order valence-electron chi connectivity index (χ3n) is 5.34. The van der Waals surface area contributed by atoms with Gasteiger partial charge in [-0.05, 0) is 36.8 Å². The first-order valence-electron chi connectivity index (χ1n) is 9.21. The molecule has 2 heterocycles. The molecule has 1 amide bonds. The van der Waals surface area contributed by atoms with Gasteiger partial charge in [-0.3, -0.25) is 9.59 Å². The molecule has 2 aliphatic rings. The molecule has 0 saturated carbocycles. The number of carbonyl (C=O) groups is 2. The molecule has 140 valence electrons. The zero-order valence-electron chi connectivity index (χ0n) is 15.9. The van der Waals surface area contributed by atoms with Gasteiger partial charge >= 0.3 is 5.97 Å². The Morgan fingerprint density at radius 1 is 1.27 bits per heavy atom. The van der Waals surface area contributed by atoms with Gasteiger partial charge < -0.3 is 14.5 Å². The largest absolute Gasteiger partial charge is 0.466 e. The predicted octanol–water partition coefficient (Wildman–Crippen LogP) is 2.22. The van der Waals surface area contributed by atoms with Crippen molar-refractivity contribution in [3.63, 3.8) is 0 Å². The van der Waals surface area contributed by atoms with Crippen LogP contribution in [-0.2, 0) is 9.53 Å². The van der Waals surface area contributed by atoms with E-state index < -0.39 is 0 Å². The van der Waals surface area contributed by atoms with Crippen LogP contribution in [0.4, 0.5) is 5.82 Å². The number of rotatable bonds is 4. The van der Waals surface area contributed by atoms with E-state index in [1.165, 1.54) is 4.90 Å².